The van der Waals surface area contributed by atoms with E-state index in [0.29, 0.717) is 17.3 Å². The number of fused-ring (bicyclic) bond motifs is 1. The van der Waals surface area contributed by atoms with E-state index in [-0.39, 0.29) is 5.25 Å². The van der Waals surface area contributed by atoms with E-state index in [1.54, 1.807) is 4.52 Å². The number of hydrogen-bond donors (Lipinski definition) is 1. The Morgan fingerprint density at radius 2 is 1.95 bits per heavy atom. The quantitative estimate of drug-likeness (QED) is 0.939. The molecule has 3 rings (SSSR count). The van der Waals surface area contributed by atoms with Gasteiger partial charge in [-0.15, -0.1) is 0 Å². The Hall–Kier alpha value is -1.63. The second-order valence-corrected chi connectivity index (χ2v) is 8.19. The van der Waals surface area contributed by atoms with Crippen LogP contribution in [0, 0.1) is 0 Å². The zero-order chi connectivity index (χ0) is 15.7. The summed E-state index contributed by atoms with van der Waals surface area (Å²) < 4.78 is 29.6. The molecule has 0 saturated heterocycles. The van der Waals surface area contributed by atoms with Crippen LogP contribution in [-0.2, 0) is 10.0 Å². The molecule has 120 valence electrons. The average Bonchev–Trinajstić information content (AvgIpc) is 2.93. The number of rotatable bonds is 4. The van der Waals surface area contributed by atoms with Gasteiger partial charge in [0.05, 0.1) is 5.25 Å². The van der Waals surface area contributed by atoms with Gasteiger partial charge >= 0.3 is 0 Å². The van der Waals surface area contributed by atoms with Crippen LogP contribution >= 0.6 is 0 Å². The van der Waals surface area contributed by atoms with Crippen LogP contribution in [0.15, 0.2) is 18.5 Å². The molecule has 0 aliphatic heterocycles. The lowest BCUT2D eigenvalue weighted by atomic mass is 10.0. The first-order valence-electron chi connectivity index (χ1n) is 7.83. The minimum absolute atomic E-state index is 0.306. The molecule has 1 aliphatic rings. The Morgan fingerprint density at radius 3 is 2.64 bits per heavy atom. The Kier molecular flexibility index (Phi) is 4.08. The maximum Gasteiger partial charge on any atom is 0.236 e. The van der Waals surface area contributed by atoms with Crippen LogP contribution < -0.4 is 4.72 Å². The van der Waals surface area contributed by atoms with Crippen LogP contribution in [0.3, 0.4) is 0 Å². The van der Waals surface area contributed by atoms with Gasteiger partial charge in [0.15, 0.2) is 5.82 Å². The molecule has 2 aromatic rings. The third-order valence-electron chi connectivity index (χ3n) is 4.30. The molecule has 0 aromatic carbocycles. The first-order valence-corrected chi connectivity index (χ1v) is 9.38. The van der Waals surface area contributed by atoms with Crippen molar-refractivity contribution < 1.29 is 8.42 Å². The van der Waals surface area contributed by atoms with Crippen LogP contribution in [0.2, 0.25) is 0 Å². The first kappa shape index (κ1) is 15.3. The predicted octanol–water partition coefficient (Wildman–Crippen LogP) is 2.93. The molecule has 1 saturated carbocycles. The fraction of sp³-hybridized carbons (Fsp3) is 0.600. The standard InChI is InChI=1S/C15H22N4O2S/c1-11(2)13-8-9-14-15(16-10-17-19(13)14)18-22(20,21)12-6-4-3-5-7-12/h8-12H,3-7H2,1-2H3,(H,16,17,18). The minimum Gasteiger partial charge on any atom is -0.265 e. The van der Waals surface area contributed by atoms with Gasteiger partial charge in [0.1, 0.15) is 11.8 Å². The highest BCUT2D eigenvalue weighted by Gasteiger charge is 2.28. The van der Waals surface area contributed by atoms with E-state index >= 15 is 0 Å². The lowest BCUT2D eigenvalue weighted by Gasteiger charge is -2.22. The Morgan fingerprint density at radius 1 is 1.23 bits per heavy atom. The van der Waals surface area contributed by atoms with Crippen molar-refractivity contribution in [1.29, 1.82) is 0 Å². The monoisotopic (exact) mass is 322 g/mol. The molecule has 7 heteroatoms. The molecule has 1 N–H and O–H groups in total. The summed E-state index contributed by atoms with van der Waals surface area (Å²) in [6.45, 7) is 4.16. The van der Waals surface area contributed by atoms with Crippen molar-refractivity contribution in [3.05, 3.63) is 24.2 Å². The largest absolute Gasteiger partial charge is 0.265 e. The van der Waals surface area contributed by atoms with Crippen LogP contribution in [0.1, 0.15) is 57.6 Å². The van der Waals surface area contributed by atoms with Gasteiger partial charge in [-0.3, -0.25) is 4.72 Å². The average molecular weight is 322 g/mol. The number of sulfonamides is 1. The first-order chi connectivity index (χ1) is 10.5. The van der Waals surface area contributed by atoms with Crippen LogP contribution in [0.25, 0.3) is 5.52 Å². The summed E-state index contributed by atoms with van der Waals surface area (Å²) in [7, 11) is -3.39. The van der Waals surface area contributed by atoms with E-state index in [0.717, 1.165) is 37.8 Å². The molecule has 0 unspecified atom stereocenters. The topological polar surface area (TPSA) is 76.4 Å². The summed E-state index contributed by atoms with van der Waals surface area (Å²) in [5, 5.41) is 3.93. The fourth-order valence-corrected chi connectivity index (χ4v) is 4.61. The molecule has 6 nitrogen and oxygen atoms in total. The maximum atomic E-state index is 12.6. The second kappa shape index (κ2) is 5.87. The van der Waals surface area contributed by atoms with Crippen molar-refractivity contribution in [2.24, 2.45) is 0 Å². The summed E-state index contributed by atoms with van der Waals surface area (Å²) in [5.41, 5.74) is 1.74. The van der Waals surface area contributed by atoms with Crippen molar-refractivity contribution in [1.82, 2.24) is 14.6 Å². The number of hydrogen-bond acceptors (Lipinski definition) is 4. The van der Waals surface area contributed by atoms with Crippen molar-refractivity contribution >= 4 is 21.4 Å². The molecule has 2 aromatic heterocycles. The summed E-state index contributed by atoms with van der Waals surface area (Å²) in [4.78, 5) is 4.14. The van der Waals surface area contributed by atoms with Crippen molar-refractivity contribution in [3.63, 3.8) is 0 Å². The van der Waals surface area contributed by atoms with Crippen LogP contribution in [0.4, 0.5) is 5.82 Å². The Balaban J connectivity index is 1.93. The zero-order valence-electron chi connectivity index (χ0n) is 13.0. The van der Waals surface area contributed by atoms with Gasteiger partial charge in [0.25, 0.3) is 0 Å². The molecule has 0 amide bonds. The second-order valence-electron chi connectivity index (χ2n) is 6.23. The smallest absolute Gasteiger partial charge is 0.236 e. The summed E-state index contributed by atoms with van der Waals surface area (Å²) in [5.74, 6) is 0.674. The van der Waals surface area contributed by atoms with E-state index in [2.05, 4.69) is 28.7 Å². The van der Waals surface area contributed by atoms with Gasteiger partial charge in [-0.05, 0) is 30.9 Å². The van der Waals surface area contributed by atoms with E-state index in [9.17, 15) is 8.42 Å². The van der Waals surface area contributed by atoms with Crippen molar-refractivity contribution in [2.75, 3.05) is 4.72 Å². The Labute approximate surface area is 131 Å². The third-order valence-corrected chi connectivity index (χ3v) is 6.13. The molecule has 0 atom stereocenters. The van der Waals surface area contributed by atoms with Gasteiger partial charge in [-0.1, -0.05) is 33.1 Å². The molecule has 1 fully saturated rings. The highest BCUT2D eigenvalue weighted by Crippen LogP contribution is 2.27. The summed E-state index contributed by atoms with van der Waals surface area (Å²) in [6.07, 6.45) is 5.95. The highest BCUT2D eigenvalue weighted by atomic mass is 32.2. The lowest BCUT2D eigenvalue weighted by Crippen LogP contribution is -2.30. The van der Waals surface area contributed by atoms with Gasteiger partial charge < -0.3 is 0 Å². The maximum absolute atomic E-state index is 12.6. The summed E-state index contributed by atoms with van der Waals surface area (Å²) in [6, 6.07) is 3.83. The lowest BCUT2D eigenvalue weighted by molar-refractivity contribution is 0.486. The number of anilines is 1. The number of nitrogens with one attached hydrogen (secondary N) is 1. The van der Waals surface area contributed by atoms with E-state index < -0.39 is 10.0 Å². The molecule has 1 aliphatic carbocycles. The third kappa shape index (κ3) is 2.82. The molecular weight excluding hydrogens is 300 g/mol. The summed E-state index contributed by atoms with van der Waals surface area (Å²) >= 11 is 0. The molecule has 2 heterocycles. The van der Waals surface area contributed by atoms with Gasteiger partial charge in [-0.25, -0.2) is 17.9 Å². The number of aromatic nitrogens is 3. The van der Waals surface area contributed by atoms with Gasteiger partial charge in [-0.2, -0.15) is 5.10 Å². The SMILES string of the molecule is CC(C)c1ccc2c(NS(=O)(=O)C3CCCCC3)ncnn12. The molecule has 0 radical (unpaired) electrons. The predicted molar refractivity (Wildman–Crippen MR) is 86.5 cm³/mol. The minimum atomic E-state index is -3.39. The molecule has 0 spiro atoms. The van der Waals surface area contributed by atoms with Crippen molar-refractivity contribution in [2.45, 2.75) is 57.1 Å². The highest BCUT2D eigenvalue weighted by molar-refractivity contribution is 7.93. The van der Waals surface area contributed by atoms with Crippen LogP contribution in [0.5, 0.6) is 0 Å². The molecular formula is C15H22N4O2S. The normalized spacial score (nSPS) is 17.2. The zero-order valence-corrected chi connectivity index (χ0v) is 13.8. The fourth-order valence-electron chi connectivity index (χ4n) is 3.06. The van der Waals surface area contributed by atoms with E-state index in [1.165, 1.54) is 6.33 Å². The van der Waals surface area contributed by atoms with E-state index in [1.807, 2.05) is 12.1 Å². The molecule has 0 bridgehead atoms. The molecule has 22 heavy (non-hydrogen) atoms. The number of nitrogens with zero attached hydrogens (tertiary/aromatic N) is 3. The van der Waals surface area contributed by atoms with Crippen LogP contribution in [-0.4, -0.2) is 28.3 Å². The van der Waals surface area contributed by atoms with E-state index in [4.69, 9.17) is 0 Å². The van der Waals surface area contributed by atoms with Crippen molar-refractivity contribution in [3.8, 4) is 0 Å². The Bertz CT molecular complexity index is 761. The van der Waals surface area contributed by atoms with Gasteiger partial charge in [0.2, 0.25) is 10.0 Å². The van der Waals surface area contributed by atoms with Gasteiger partial charge in [0, 0.05) is 5.69 Å².